The summed E-state index contributed by atoms with van der Waals surface area (Å²) in [4.78, 5) is 3.59. The molecule has 0 saturated heterocycles. The first kappa shape index (κ1) is 23.0. The Morgan fingerprint density at radius 1 is 1.19 bits per heavy atom. The summed E-state index contributed by atoms with van der Waals surface area (Å²) in [5.74, 6) is 0. The number of hydrogen-bond donors (Lipinski definition) is 1. The van der Waals surface area contributed by atoms with Crippen molar-refractivity contribution in [3.05, 3.63) is 70.2 Å². The number of benzene rings is 2. The maximum absolute atomic E-state index is 11.5. The van der Waals surface area contributed by atoms with E-state index in [0.717, 1.165) is 27.3 Å². The van der Waals surface area contributed by atoms with Crippen LogP contribution in [0.5, 0.6) is 0 Å². The van der Waals surface area contributed by atoms with Crippen LogP contribution in [0.15, 0.2) is 70.1 Å². The summed E-state index contributed by atoms with van der Waals surface area (Å²) in [6, 6.07) is 16.6. The van der Waals surface area contributed by atoms with Gasteiger partial charge in [-0.05, 0) is 50.6 Å². The minimum absolute atomic E-state index is 0.347. The number of allylic oxidation sites excluding steroid dienone is 2. The summed E-state index contributed by atoms with van der Waals surface area (Å²) in [6.45, 7) is 7.22. The highest BCUT2D eigenvalue weighted by Gasteiger charge is 2.25. The fraction of sp³-hybridized carbons (Fsp3) is 0.292. The number of anilines is 1. The third kappa shape index (κ3) is 4.78. The van der Waals surface area contributed by atoms with Crippen LogP contribution in [0.2, 0.25) is 0 Å². The number of nitrogens with zero attached hydrogens (tertiary/aromatic N) is 2. The summed E-state index contributed by atoms with van der Waals surface area (Å²) >= 11 is 3.47. The third-order valence-electron chi connectivity index (χ3n) is 5.56. The first-order valence-electron chi connectivity index (χ1n) is 10.6. The van der Waals surface area contributed by atoms with Crippen LogP contribution in [0.4, 0.5) is 5.69 Å². The van der Waals surface area contributed by atoms with Crippen LogP contribution in [0.3, 0.4) is 0 Å². The molecule has 32 heavy (non-hydrogen) atoms. The molecule has 4 rings (SSSR count). The van der Waals surface area contributed by atoms with E-state index in [4.69, 9.17) is 0 Å². The van der Waals surface area contributed by atoms with E-state index >= 15 is 0 Å². The van der Waals surface area contributed by atoms with Gasteiger partial charge in [0.2, 0.25) is 5.52 Å². The molecule has 168 valence electrons. The lowest BCUT2D eigenvalue weighted by atomic mass is 10.2. The van der Waals surface area contributed by atoms with Crippen LogP contribution in [0, 0.1) is 0 Å². The Kier molecular flexibility index (Phi) is 6.76. The maximum atomic E-state index is 11.5. The van der Waals surface area contributed by atoms with Gasteiger partial charge in [-0.15, -0.1) is 0 Å². The molecular formula is C24H27N2O3S3+. The molecule has 5 nitrogen and oxygen atoms in total. The standard InChI is InChI=1S/C24H26N2O3S3/c1-4-25-19-9-5-7-11-21(19)30-23(25)15-17(2)16-24-26(14-13-18(3)32(27,28)29)20-10-6-8-12-22(20)31-24/h5-12,15-16,18H,4,13-14H2,1-3H3/p+1/t18-/m0/s1. The molecule has 0 fully saturated rings. The largest absolute Gasteiger partial charge is 0.335 e. The molecule has 8 heteroatoms. The van der Waals surface area contributed by atoms with Gasteiger partial charge in [-0.1, -0.05) is 47.4 Å². The number of rotatable bonds is 7. The topological polar surface area (TPSA) is 61.5 Å². The van der Waals surface area contributed by atoms with E-state index in [-0.39, 0.29) is 0 Å². The highest BCUT2D eigenvalue weighted by molar-refractivity contribution is 8.03. The first-order chi connectivity index (χ1) is 15.3. The molecule has 1 atom stereocenters. The Labute approximate surface area is 197 Å². The minimum atomic E-state index is -4.04. The summed E-state index contributed by atoms with van der Waals surface area (Å²) in [7, 11) is -4.04. The molecule has 0 bridgehead atoms. The quantitative estimate of drug-likeness (QED) is 0.341. The third-order valence-corrected chi connectivity index (χ3v) is 9.04. The molecule has 1 aliphatic rings. The van der Waals surface area contributed by atoms with E-state index in [9.17, 15) is 13.0 Å². The van der Waals surface area contributed by atoms with Gasteiger partial charge in [0.05, 0.1) is 16.0 Å². The van der Waals surface area contributed by atoms with Crippen LogP contribution in [-0.4, -0.2) is 24.8 Å². The molecule has 1 aliphatic heterocycles. The molecule has 0 amide bonds. The van der Waals surface area contributed by atoms with Crippen molar-refractivity contribution < 1.29 is 17.5 Å². The van der Waals surface area contributed by atoms with E-state index in [1.165, 1.54) is 15.6 Å². The molecular weight excluding hydrogens is 460 g/mol. The van der Waals surface area contributed by atoms with Crippen molar-refractivity contribution in [2.45, 2.75) is 43.9 Å². The van der Waals surface area contributed by atoms with Crippen LogP contribution >= 0.6 is 23.1 Å². The van der Waals surface area contributed by atoms with E-state index in [1.807, 2.05) is 12.1 Å². The van der Waals surface area contributed by atoms with Crippen LogP contribution in [0.25, 0.3) is 16.3 Å². The summed E-state index contributed by atoms with van der Waals surface area (Å²) in [5.41, 5.74) is 3.45. The zero-order chi connectivity index (χ0) is 22.9. The fourth-order valence-electron chi connectivity index (χ4n) is 3.77. The monoisotopic (exact) mass is 487 g/mol. The van der Waals surface area contributed by atoms with E-state index < -0.39 is 15.4 Å². The van der Waals surface area contributed by atoms with Crippen molar-refractivity contribution in [3.8, 4) is 0 Å². The Morgan fingerprint density at radius 3 is 2.66 bits per heavy atom. The first-order valence-corrected chi connectivity index (χ1v) is 13.7. The molecule has 3 aromatic rings. The summed E-state index contributed by atoms with van der Waals surface area (Å²) < 4.78 is 35.6. The predicted octanol–water partition coefficient (Wildman–Crippen LogP) is 5.73. The number of para-hydroxylation sites is 2. The van der Waals surface area contributed by atoms with E-state index in [2.05, 4.69) is 71.9 Å². The highest BCUT2D eigenvalue weighted by atomic mass is 32.2. The zero-order valence-electron chi connectivity index (χ0n) is 18.4. The average Bonchev–Trinajstić information content (AvgIpc) is 3.27. The summed E-state index contributed by atoms with van der Waals surface area (Å²) in [5, 5.41) is 1.46. The highest BCUT2D eigenvalue weighted by Crippen LogP contribution is 2.45. The Bertz CT molecular complexity index is 1310. The number of aryl methyl sites for hydroxylation is 1. The van der Waals surface area contributed by atoms with Gasteiger partial charge in [-0.25, -0.2) is 0 Å². The molecule has 0 unspecified atom stereocenters. The van der Waals surface area contributed by atoms with Gasteiger partial charge in [0.15, 0.2) is 6.54 Å². The molecule has 2 heterocycles. The average molecular weight is 488 g/mol. The Balaban J connectivity index is 1.67. The van der Waals surface area contributed by atoms with Crippen molar-refractivity contribution in [2.24, 2.45) is 0 Å². The normalized spacial score (nSPS) is 16.7. The van der Waals surface area contributed by atoms with Gasteiger partial charge in [0, 0.05) is 30.0 Å². The lowest BCUT2D eigenvalue weighted by molar-refractivity contribution is -0.669. The fourth-order valence-corrected chi connectivity index (χ4v) is 6.61. The van der Waals surface area contributed by atoms with Gasteiger partial charge < -0.3 is 4.90 Å². The van der Waals surface area contributed by atoms with Crippen molar-refractivity contribution in [1.82, 2.24) is 0 Å². The van der Waals surface area contributed by atoms with Gasteiger partial charge in [0.1, 0.15) is 4.70 Å². The van der Waals surface area contributed by atoms with Gasteiger partial charge in [0.25, 0.3) is 15.1 Å². The number of thiazole rings is 1. The number of thioether (sulfide) groups is 1. The molecule has 1 aromatic heterocycles. The second-order valence-electron chi connectivity index (χ2n) is 7.86. The Morgan fingerprint density at radius 2 is 1.91 bits per heavy atom. The summed E-state index contributed by atoms with van der Waals surface area (Å²) in [6.07, 6.45) is 4.72. The van der Waals surface area contributed by atoms with Gasteiger partial charge in [-0.2, -0.15) is 13.0 Å². The minimum Gasteiger partial charge on any atom is -0.335 e. The van der Waals surface area contributed by atoms with Crippen molar-refractivity contribution in [1.29, 1.82) is 0 Å². The molecule has 0 saturated carbocycles. The Hall–Kier alpha value is -2.13. The van der Waals surface area contributed by atoms with Crippen LogP contribution in [-0.2, 0) is 16.7 Å². The SMILES string of the molecule is CCN1C(=CC(C)=Cc2sc3ccccc3[n+]2CC[C@H](C)S(=O)(=O)O)Sc2ccccc21. The van der Waals surface area contributed by atoms with Gasteiger partial charge in [-0.3, -0.25) is 4.55 Å². The number of fused-ring (bicyclic) bond motifs is 2. The lowest BCUT2D eigenvalue weighted by Crippen LogP contribution is -2.37. The van der Waals surface area contributed by atoms with E-state index in [1.54, 1.807) is 30.0 Å². The molecule has 0 aliphatic carbocycles. The number of hydrogen-bond acceptors (Lipinski definition) is 5. The predicted molar refractivity (Wildman–Crippen MR) is 135 cm³/mol. The molecule has 0 spiro atoms. The van der Waals surface area contributed by atoms with Crippen molar-refractivity contribution in [3.63, 3.8) is 0 Å². The van der Waals surface area contributed by atoms with Crippen LogP contribution in [0.1, 0.15) is 32.2 Å². The van der Waals surface area contributed by atoms with Crippen LogP contribution < -0.4 is 9.47 Å². The molecule has 0 radical (unpaired) electrons. The molecule has 1 N–H and O–H groups in total. The van der Waals surface area contributed by atoms with E-state index in [0.29, 0.717) is 13.0 Å². The van der Waals surface area contributed by atoms with Crippen molar-refractivity contribution in [2.75, 3.05) is 11.4 Å². The maximum Gasteiger partial charge on any atom is 0.267 e. The smallest absolute Gasteiger partial charge is 0.267 e. The van der Waals surface area contributed by atoms with Crippen molar-refractivity contribution >= 4 is 55.2 Å². The second kappa shape index (κ2) is 9.39. The zero-order valence-corrected chi connectivity index (χ0v) is 20.8. The lowest BCUT2D eigenvalue weighted by Gasteiger charge is -2.17. The molecule has 2 aromatic carbocycles. The van der Waals surface area contributed by atoms with Gasteiger partial charge >= 0.3 is 0 Å². The second-order valence-corrected chi connectivity index (χ2v) is 11.8. The number of aromatic nitrogens is 1.